The molecule has 10 nitrogen and oxygen atoms in total. The van der Waals surface area contributed by atoms with Gasteiger partial charge in [0.2, 0.25) is 11.8 Å². The third-order valence-electron chi connectivity index (χ3n) is 8.84. The summed E-state index contributed by atoms with van der Waals surface area (Å²) in [5, 5.41) is 33.7. The van der Waals surface area contributed by atoms with Crippen LogP contribution < -0.4 is 14.8 Å². The summed E-state index contributed by atoms with van der Waals surface area (Å²) in [6, 6.07) is 2.64. The fourth-order valence-electron chi connectivity index (χ4n) is 6.79. The Labute approximate surface area is 235 Å². The normalized spacial score (nSPS) is 27.5. The van der Waals surface area contributed by atoms with Gasteiger partial charge in [-0.2, -0.15) is 0 Å². The van der Waals surface area contributed by atoms with Gasteiger partial charge >= 0.3 is 0 Å². The maximum absolute atomic E-state index is 13.8. The summed E-state index contributed by atoms with van der Waals surface area (Å²) in [7, 11) is 1.50. The third kappa shape index (κ3) is 5.86. The number of aliphatic hydroxyl groups excluding tert-OH is 3. The summed E-state index contributed by atoms with van der Waals surface area (Å²) in [5.74, 6) is 0.254. The molecule has 5 rings (SSSR count). The van der Waals surface area contributed by atoms with Gasteiger partial charge in [0.1, 0.15) is 12.2 Å². The van der Waals surface area contributed by atoms with Crippen molar-refractivity contribution in [1.82, 2.24) is 10.2 Å². The van der Waals surface area contributed by atoms with Crippen molar-refractivity contribution in [2.45, 2.75) is 88.2 Å². The molecule has 1 saturated heterocycles. The largest absolute Gasteiger partial charge is 0.493 e. The summed E-state index contributed by atoms with van der Waals surface area (Å²) in [6.45, 7) is 0.582. The lowest BCUT2D eigenvalue weighted by Crippen LogP contribution is -2.57. The molecule has 2 amide bonds. The summed E-state index contributed by atoms with van der Waals surface area (Å²) in [5.41, 5.74) is 1.58. The highest BCUT2D eigenvalue weighted by Crippen LogP contribution is 2.51. The number of hydrogen-bond acceptors (Lipinski definition) is 8. The van der Waals surface area contributed by atoms with Gasteiger partial charge in [-0.3, -0.25) is 9.59 Å². The Bertz CT molecular complexity index is 1100. The van der Waals surface area contributed by atoms with Gasteiger partial charge in [0.25, 0.3) is 0 Å². The van der Waals surface area contributed by atoms with Crippen molar-refractivity contribution < 1.29 is 39.1 Å². The summed E-state index contributed by atoms with van der Waals surface area (Å²) < 4.78 is 17.7. The van der Waals surface area contributed by atoms with Crippen LogP contribution in [0.4, 0.5) is 0 Å². The Balaban J connectivity index is 1.50. The van der Waals surface area contributed by atoms with E-state index >= 15 is 0 Å². The first-order chi connectivity index (χ1) is 19.4. The lowest BCUT2D eigenvalue weighted by Gasteiger charge is -2.41. The Morgan fingerprint density at radius 3 is 2.62 bits per heavy atom. The van der Waals surface area contributed by atoms with Crippen molar-refractivity contribution in [1.29, 1.82) is 0 Å². The highest BCUT2D eigenvalue weighted by Gasteiger charge is 2.51. The molecule has 5 atom stereocenters. The average molecular weight is 559 g/mol. The maximum Gasteiger partial charge on any atom is 0.247 e. The van der Waals surface area contributed by atoms with Crippen LogP contribution in [0.15, 0.2) is 23.8 Å². The van der Waals surface area contributed by atoms with Crippen LogP contribution in [0, 0.1) is 5.92 Å². The number of rotatable bonds is 11. The summed E-state index contributed by atoms with van der Waals surface area (Å²) in [4.78, 5) is 28.9. The predicted molar refractivity (Wildman–Crippen MR) is 146 cm³/mol. The smallest absolute Gasteiger partial charge is 0.247 e. The van der Waals surface area contributed by atoms with Crippen LogP contribution >= 0.6 is 0 Å². The monoisotopic (exact) mass is 558 g/mol. The number of carbonyl (C=O) groups is 2. The molecule has 4 aliphatic rings. The topological polar surface area (TPSA) is 138 Å². The minimum Gasteiger partial charge on any atom is -0.493 e. The van der Waals surface area contributed by atoms with Crippen molar-refractivity contribution in [3.63, 3.8) is 0 Å². The van der Waals surface area contributed by atoms with E-state index in [1.165, 1.54) is 20.0 Å². The molecule has 1 aromatic carbocycles. The molecule has 220 valence electrons. The van der Waals surface area contributed by atoms with Gasteiger partial charge in [-0.15, -0.1) is 0 Å². The Hall–Kier alpha value is -2.66. The first kappa shape index (κ1) is 28.9. The van der Waals surface area contributed by atoms with Gasteiger partial charge in [0.15, 0.2) is 11.5 Å². The number of aliphatic hydroxyl groups is 3. The zero-order valence-corrected chi connectivity index (χ0v) is 23.2. The molecule has 0 radical (unpaired) electrons. The SMILES string of the molecule is COc1cc(CO)cc2c1O[C@@H]1[C@@H](O)[C@H](N(C[C@H]3CCCO3)C(=O)CCC3CCCC3)C=C(C(=O)NCCO)[C@H]21. The number of carbonyl (C=O) groups excluding carboxylic acids is 2. The lowest BCUT2D eigenvalue weighted by atomic mass is 9.77. The Morgan fingerprint density at radius 1 is 1.15 bits per heavy atom. The van der Waals surface area contributed by atoms with Gasteiger partial charge in [-0.1, -0.05) is 25.7 Å². The Kier molecular flexibility index (Phi) is 9.30. The quantitative estimate of drug-likeness (QED) is 0.323. The molecule has 1 aromatic rings. The molecule has 10 heteroatoms. The number of hydrogen-bond donors (Lipinski definition) is 4. The van der Waals surface area contributed by atoms with Crippen LogP contribution in [0.25, 0.3) is 0 Å². The Morgan fingerprint density at radius 2 is 1.95 bits per heavy atom. The number of nitrogens with one attached hydrogen (secondary N) is 1. The molecule has 2 heterocycles. The second-order valence-corrected chi connectivity index (χ2v) is 11.4. The molecular formula is C30H42N2O8. The van der Waals surface area contributed by atoms with Gasteiger partial charge in [0.05, 0.1) is 38.4 Å². The number of nitrogens with zero attached hydrogens (tertiary/aromatic N) is 1. The molecule has 2 aliphatic heterocycles. The molecule has 4 N–H and O–H groups in total. The second kappa shape index (κ2) is 12.9. The van der Waals surface area contributed by atoms with Gasteiger partial charge in [-0.25, -0.2) is 0 Å². The van der Waals surface area contributed by atoms with Gasteiger partial charge in [0, 0.05) is 37.3 Å². The van der Waals surface area contributed by atoms with E-state index in [2.05, 4.69) is 5.32 Å². The van der Waals surface area contributed by atoms with E-state index in [0.29, 0.717) is 53.7 Å². The molecular weight excluding hydrogens is 516 g/mol. The van der Waals surface area contributed by atoms with E-state index in [1.54, 1.807) is 23.1 Å². The zero-order chi connectivity index (χ0) is 28.2. The number of benzene rings is 1. The number of amides is 2. The van der Waals surface area contributed by atoms with E-state index < -0.39 is 30.1 Å². The maximum atomic E-state index is 13.8. The molecule has 0 aromatic heterocycles. The average Bonchev–Trinajstić information content (AvgIpc) is 3.75. The van der Waals surface area contributed by atoms with Crippen molar-refractivity contribution in [2.24, 2.45) is 5.92 Å². The van der Waals surface area contributed by atoms with E-state index in [-0.39, 0.29) is 31.8 Å². The molecule has 0 unspecified atom stereocenters. The number of ether oxygens (including phenoxy) is 3. The van der Waals surface area contributed by atoms with Crippen molar-refractivity contribution >= 4 is 11.8 Å². The highest BCUT2D eigenvalue weighted by molar-refractivity contribution is 5.96. The van der Waals surface area contributed by atoms with Crippen LogP contribution in [-0.2, 0) is 20.9 Å². The van der Waals surface area contributed by atoms with Crippen molar-refractivity contribution in [3.05, 3.63) is 34.9 Å². The number of methoxy groups -OCH3 is 1. The van der Waals surface area contributed by atoms with Gasteiger partial charge in [-0.05, 0) is 49.0 Å². The highest BCUT2D eigenvalue weighted by atomic mass is 16.5. The van der Waals surface area contributed by atoms with E-state index in [9.17, 15) is 24.9 Å². The second-order valence-electron chi connectivity index (χ2n) is 11.4. The van der Waals surface area contributed by atoms with Crippen LogP contribution in [0.2, 0.25) is 0 Å². The zero-order valence-electron chi connectivity index (χ0n) is 23.2. The minimum absolute atomic E-state index is 0.0630. The summed E-state index contributed by atoms with van der Waals surface area (Å²) >= 11 is 0. The minimum atomic E-state index is -1.12. The van der Waals surface area contributed by atoms with Crippen LogP contribution in [0.1, 0.15) is 68.4 Å². The van der Waals surface area contributed by atoms with Crippen LogP contribution in [-0.4, -0.2) is 89.8 Å². The van der Waals surface area contributed by atoms with Gasteiger partial charge < -0.3 is 39.7 Å². The fraction of sp³-hybridized carbons (Fsp3) is 0.667. The number of fused-ring (bicyclic) bond motifs is 3. The van der Waals surface area contributed by atoms with E-state index in [0.717, 1.165) is 32.1 Å². The standard InChI is InChI=1S/C30H42N2O8/c1-38-24-14-19(17-34)13-21-26-22(30(37)31-10-11-33)15-23(27(36)29(26)40-28(21)24)32(16-20-7-4-12-39-20)25(35)9-8-18-5-2-3-6-18/h13-15,18,20,23,26-27,29,33-34,36H,2-12,16-17H2,1H3,(H,31,37)/t20-,23-,26+,27+,29+/m1/s1. The molecule has 0 bridgehead atoms. The van der Waals surface area contributed by atoms with Crippen LogP contribution in [0.5, 0.6) is 11.5 Å². The van der Waals surface area contributed by atoms with E-state index in [1.807, 2.05) is 0 Å². The molecule has 1 saturated carbocycles. The van der Waals surface area contributed by atoms with Crippen molar-refractivity contribution in [3.8, 4) is 11.5 Å². The summed E-state index contributed by atoms with van der Waals surface area (Å²) in [6.07, 6.45) is 7.24. The fourth-order valence-corrected chi connectivity index (χ4v) is 6.79. The van der Waals surface area contributed by atoms with Crippen molar-refractivity contribution in [2.75, 3.05) is 33.4 Å². The predicted octanol–water partition coefficient (Wildman–Crippen LogP) is 1.79. The van der Waals surface area contributed by atoms with Crippen LogP contribution in [0.3, 0.4) is 0 Å². The third-order valence-corrected chi connectivity index (χ3v) is 8.84. The first-order valence-corrected chi connectivity index (χ1v) is 14.6. The molecule has 2 fully saturated rings. The molecule has 40 heavy (non-hydrogen) atoms. The molecule has 2 aliphatic carbocycles. The van der Waals surface area contributed by atoms with E-state index in [4.69, 9.17) is 14.2 Å². The molecule has 0 spiro atoms. The lowest BCUT2D eigenvalue weighted by molar-refractivity contribution is -0.139. The first-order valence-electron chi connectivity index (χ1n) is 14.6.